The monoisotopic (exact) mass is 355 g/mol. The molecule has 0 aromatic rings. The molecule has 1 saturated heterocycles. The SMILES string of the molecule is O=C(CC12CC3CC(CC(C3)C1)C2)OCCN1CCS(=O)(=O)CC1. The zero-order valence-electron chi connectivity index (χ0n) is 14.4. The van der Waals surface area contributed by atoms with Crippen LogP contribution in [0.25, 0.3) is 0 Å². The Kier molecular flexibility index (Phi) is 4.40. The van der Waals surface area contributed by atoms with Crippen LogP contribution in [0.5, 0.6) is 0 Å². The lowest BCUT2D eigenvalue weighted by Crippen LogP contribution is -2.47. The predicted molar refractivity (Wildman–Crippen MR) is 91.3 cm³/mol. The molecule has 4 aliphatic carbocycles. The fourth-order valence-electron chi connectivity index (χ4n) is 6.13. The van der Waals surface area contributed by atoms with E-state index in [1.54, 1.807) is 0 Å². The fourth-order valence-corrected chi connectivity index (χ4v) is 7.40. The standard InChI is InChI=1S/C18H29NO4S/c20-17(23-4-1-19-2-5-24(21,22)6-3-19)13-18-10-14-7-15(11-18)9-16(8-14)12-18/h14-16H,1-13H2. The first-order valence-corrected chi connectivity index (χ1v) is 11.3. The molecule has 1 heterocycles. The van der Waals surface area contributed by atoms with E-state index < -0.39 is 9.84 Å². The van der Waals surface area contributed by atoms with E-state index in [1.165, 1.54) is 38.5 Å². The lowest BCUT2D eigenvalue weighted by Gasteiger charge is -2.56. The summed E-state index contributed by atoms with van der Waals surface area (Å²) in [6, 6.07) is 0. The second-order valence-corrected chi connectivity index (χ2v) is 11.1. The van der Waals surface area contributed by atoms with Crippen LogP contribution in [0, 0.1) is 23.2 Å². The minimum Gasteiger partial charge on any atom is -0.464 e. The van der Waals surface area contributed by atoms with Crippen LogP contribution in [0.15, 0.2) is 0 Å². The Hall–Kier alpha value is -0.620. The van der Waals surface area contributed by atoms with Crippen molar-refractivity contribution in [3.8, 4) is 0 Å². The Morgan fingerprint density at radius 3 is 2.08 bits per heavy atom. The molecule has 0 N–H and O–H groups in total. The van der Waals surface area contributed by atoms with E-state index in [0.29, 0.717) is 32.7 Å². The first-order chi connectivity index (χ1) is 11.4. The molecular formula is C18H29NO4S. The Bertz CT molecular complexity index is 551. The Balaban J connectivity index is 1.22. The van der Waals surface area contributed by atoms with Gasteiger partial charge in [0.2, 0.25) is 0 Å². The van der Waals surface area contributed by atoms with Gasteiger partial charge in [-0.25, -0.2) is 8.42 Å². The predicted octanol–water partition coefficient (Wildman–Crippen LogP) is 1.87. The number of hydrogen-bond donors (Lipinski definition) is 0. The number of carbonyl (C=O) groups is 1. The van der Waals surface area contributed by atoms with Gasteiger partial charge >= 0.3 is 5.97 Å². The summed E-state index contributed by atoms with van der Waals surface area (Å²) in [5.74, 6) is 3.00. The molecule has 0 amide bonds. The third-order valence-electron chi connectivity index (χ3n) is 6.79. The summed E-state index contributed by atoms with van der Waals surface area (Å²) in [5, 5.41) is 0. The number of carbonyl (C=O) groups excluding carboxylic acids is 1. The average Bonchev–Trinajstić information content (AvgIpc) is 2.47. The summed E-state index contributed by atoms with van der Waals surface area (Å²) in [6.07, 6.45) is 8.49. The van der Waals surface area contributed by atoms with E-state index >= 15 is 0 Å². The second-order valence-electron chi connectivity index (χ2n) is 8.81. The van der Waals surface area contributed by atoms with Crippen molar-refractivity contribution >= 4 is 15.8 Å². The minimum absolute atomic E-state index is 0.0402. The third-order valence-corrected chi connectivity index (χ3v) is 8.40. The van der Waals surface area contributed by atoms with Gasteiger partial charge in [0.15, 0.2) is 9.84 Å². The van der Waals surface area contributed by atoms with Crippen molar-refractivity contribution in [1.29, 1.82) is 0 Å². The molecule has 0 unspecified atom stereocenters. The van der Waals surface area contributed by atoms with Crippen molar-refractivity contribution in [1.82, 2.24) is 4.90 Å². The van der Waals surface area contributed by atoms with Crippen molar-refractivity contribution in [3.05, 3.63) is 0 Å². The summed E-state index contributed by atoms with van der Waals surface area (Å²) in [7, 11) is -2.84. The van der Waals surface area contributed by atoms with Gasteiger partial charge in [0.05, 0.1) is 17.9 Å². The van der Waals surface area contributed by atoms with Gasteiger partial charge in [-0.05, 0) is 61.7 Å². The number of esters is 1. The van der Waals surface area contributed by atoms with E-state index in [2.05, 4.69) is 4.90 Å². The number of hydrogen-bond acceptors (Lipinski definition) is 5. The highest BCUT2D eigenvalue weighted by atomic mass is 32.2. The molecule has 5 aliphatic rings. The number of sulfone groups is 1. The smallest absolute Gasteiger partial charge is 0.306 e. The molecular weight excluding hydrogens is 326 g/mol. The number of ether oxygens (including phenoxy) is 1. The maximum Gasteiger partial charge on any atom is 0.306 e. The van der Waals surface area contributed by atoms with Crippen LogP contribution >= 0.6 is 0 Å². The van der Waals surface area contributed by atoms with Crippen LogP contribution in [0.2, 0.25) is 0 Å². The van der Waals surface area contributed by atoms with Crippen LogP contribution in [-0.2, 0) is 19.4 Å². The molecule has 0 atom stereocenters. The van der Waals surface area contributed by atoms with Crippen molar-refractivity contribution in [2.75, 3.05) is 37.7 Å². The minimum atomic E-state index is -2.84. The van der Waals surface area contributed by atoms with Crippen LogP contribution in [-0.4, -0.2) is 57.0 Å². The van der Waals surface area contributed by atoms with Gasteiger partial charge in [-0.15, -0.1) is 0 Å². The van der Waals surface area contributed by atoms with Gasteiger partial charge in [-0.2, -0.15) is 0 Å². The van der Waals surface area contributed by atoms with Gasteiger partial charge in [0.1, 0.15) is 6.61 Å². The lowest BCUT2D eigenvalue weighted by molar-refractivity contribution is -0.152. The molecule has 136 valence electrons. The van der Waals surface area contributed by atoms with Crippen LogP contribution in [0.4, 0.5) is 0 Å². The average molecular weight is 356 g/mol. The summed E-state index contributed by atoms with van der Waals surface area (Å²) in [6.45, 7) is 2.18. The first kappa shape index (κ1) is 16.8. The molecule has 0 aromatic carbocycles. The highest BCUT2D eigenvalue weighted by Crippen LogP contribution is 2.61. The second kappa shape index (κ2) is 6.27. The molecule has 4 saturated carbocycles. The Morgan fingerprint density at radius 2 is 1.54 bits per heavy atom. The van der Waals surface area contributed by atoms with E-state index in [0.717, 1.165) is 17.8 Å². The summed E-state index contributed by atoms with van der Waals surface area (Å²) < 4.78 is 28.3. The van der Waals surface area contributed by atoms with E-state index in [-0.39, 0.29) is 22.9 Å². The topological polar surface area (TPSA) is 63.7 Å². The molecule has 4 bridgehead atoms. The van der Waals surface area contributed by atoms with Crippen LogP contribution in [0.3, 0.4) is 0 Å². The molecule has 0 spiro atoms. The Morgan fingerprint density at radius 1 is 1.00 bits per heavy atom. The lowest BCUT2D eigenvalue weighted by atomic mass is 9.49. The van der Waals surface area contributed by atoms with Crippen molar-refractivity contribution < 1.29 is 17.9 Å². The maximum atomic E-state index is 12.3. The van der Waals surface area contributed by atoms with E-state index in [4.69, 9.17) is 4.74 Å². The third kappa shape index (κ3) is 3.64. The molecule has 5 rings (SSSR count). The quantitative estimate of drug-likeness (QED) is 0.705. The van der Waals surface area contributed by atoms with E-state index in [9.17, 15) is 13.2 Å². The molecule has 1 aliphatic heterocycles. The van der Waals surface area contributed by atoms with Crippen molar-refractivity contribution in [2.45, 2.75) is 44.9 Å². The molecule has 24 heavy (non-hydrogen) atoms. The van der Waals surface area contributed by atoms with Crippen molar-refractivity contribution in [3.63, 3.8) is 0 Å². The normalized spacial score (nSPS) is 40.6. The molecule has 6 heteroatoms. The Labute approximate surface area is 145 Å². The summed E-state index contributed by atoms with van der Waals surface area (Å²) in [5.41, 5.74) is 0.241. The fraction of sp³-hybridized carbons (Fsp3) is 0.944. The summed E-state index contributed by atoms with van der Waals surface area (Å²) in [4.78, 5) is 14.4. The van der Waals surface area contributed by atoms with Gasteiger partial charge in [-0.3, -0.25) is 9.69 Å². The highest BCUT2D eigenvalue weighted by Gasteiger charge is 2.51. The molecule has 5 fully saturated rings. The zero-order valence-corrected chi connectivity index (χ0v) is 15.2. The van der Waals surface area contributed by atoms with Gasteiger partial charge in [-0.1, -0.05) is 0 Å². The van der Waals surface area contributed by atoms with Gasteiger partial charge in [0.25, 0.3) is 0 Å². The zero-order chi connectivity index (χ0) is 16.8. The largest absolute Gasteiger partial charge is 0.464 e. The molecule has 0 aromatic heterocycles. The van der Waals surface area contributed by atoms with Crippen LogP contribution < -0.4 is 0 Å². The van der Waals surface area contributed by atoms with Gasteiger partial charge in [0, 0.05) is 19.6 Å². The van der Waals surface area contributed by atoms with Crippen LogP contribution in [0.1, 0.15) is 44.9 Å². The number of nitrogens with zero attached hydrogens (tertiary/aromatic N) is 1. The molecule has 0 radical (unpaired) electrons. The molecule has 5 nitrogen and oxygen atoms in total. The first-order valence-electron chi connectivity index (χ1n) is 9.50. The highest BCUT2D eigenvalue weighted by molar-refractivity contribution is 7.91. The van der Waals surface area contributed by atoms with Gasteiger partial charge < -0.3 is 4.74 Å². The van der Waals surface area contributed by atoms with Crippen molar-refractivity contribution in [2.24, 2.45) is 23.2 Å². The number of rotatable bonds is 5. The summed E-state index contributed by atoms with van der Waals surface area (Å²) >= 11 is 0. The maximum absolute atomic E-state index is 12.3. The van der Waals surface area contributed by atoms with E-state index in [1.807, 2.05) is 0 Å².